The minimum atomic E-state index is 0.278. The molecule has 1 aromatic carbocycles. The van der Waals surface area contributed by atoms with E-state index in [-0.39, 0.29) is 6.10 Å². The second-order valence-corrected chi connectivity index (χ2v) is 6.92. The third kappa shape index (κ3) is 5.71. The molecule has 0 amide bonds. The van der Waals surface area contributed by atoms with E-state index in [1.807, 2.05) is 0 Å². The van der Waals surface area contributed by atoms with Gasteiger partial charge >= 0.3 is 0 Å². The molecule has 1 saturated heterocycles. The molecule has 27 heavy (non-hydrogen) atoms. The number of H-pyrrole nitrogens is 1. The SMILES string of the molecule is CCNC(=NCCCOC1CCOC1)NCCc1c(C)[nH]c2ccccc12. The first kappa shape index (κ1) is 19.7. The highest BCUT2D eigenvalue weighted by molar-refractivity contribution is 5.84. The lowest BCUT2D eigenvalue weighted by atomic mass is 10.1. The minimum absolute atomic E-state index is 0.278. The third-order valence-corrected chi connectivity index (χ3v) is 4.85. The number of aromatic nitrogens is 1. The molecule has 1 aliphatic rings. The Morgan fingerprint density at radius 3 is 3.04 bits per heavy atom. The molecule has 6 nitrogen and oxygen atoms in total. The van der Waals surface area contributed by atoms with Crippen LogP contribution in [-0.4, -0.2) is 56.5 Å². The topological polar surface area (TPSA) is 70.7 Å². The van der Waals surface area contributed by atoms with Crippen molar-refractivity contribution in [3.63, 3.8) is 0 Å². The highest BCUT2D eigenvalue weighted by Crippen LogP contribution is 2.21. The predicted octanol–water partition coefficient (Wildman–Crippen LogP) is 2.77. The fraction of sp³-hybridized carbons (Fsp3) is 0.571. The molecule has 3 N–H and O–H groups in total. The number of rotatable bonds is 9. The molecule has 148 valence electrons. The zero-order chi connectivity index (χ0) is 18.9. The molecule has 0 saturated carbocycles. The molecule has 1 aliphatic heterocycles. The monoisotopic (exact) mass is 372 g/mol. The summed E-state index contributed by atoms with van der Waals surface area (Å²) in [4.78, 5) is 8.12. The van der Waals surface area contributed by atoms with Crippen LogP contribution in [0.3, 0.4) is 0 Å². The van der Waals surface area contributed by atoms with Crippen LogP contribution in [0.25, 0.3) is 10.9 Å². The van der Waals surface area contributed by atoms with Gasteiger partial charge in [-0.25, -0.2) is 0 Å². The van der Waals surface area contributed by atoms with Gasteiger partial charge in [0.15, 0.2) is 5.96 Å². The van der Waals surface area contributed by atoms with E-state index in [1.54, 1.807) is 0 Å². The first-order chi connectivity index (χ1) is 13.3. The van der Waals surface area contributed by atoms with E-state index < -0.39 is 0 Å². The van der Waals surface area contributed by atoms with E-state index in [0.717, 1.165) is 64.7 Å². The summed E-state index contributed by atoms with van der Waals surface area (Å²) in [6.07, 6.45) is 3.18. The molecular formula is C21H32N4O2. The van der Waals surface area contributed by atoms with Crippen molar-refractivity contribution in [2.75, 3.05) is 39.5 Å². The number of guanidine groups is 1. The number of hydrogen-bond acceptors (Lipinski definition) is 3. The van der Waals surface area contributed by atoms with Gasteiger partial charge in [0.2, 0.25) is 0 Å². The zero-order valence-corrected chi connectivity index (χ0v) is 16.5. The molecule has 0 radical (unpaired) electrons. The van der Waals surface area contributed by atoms with Gasteiger partial charge in [-0.1, -0.05) is 18.2 Å². The molecule has 2 heterocycles. The first-order valence-electron chi connectivity index (χ1n) is 10.1. The Balaban J connectivity index is 1.43. The van der Waals surface area contributed by atoms with Gasteiger partial charge < -0.3 is 25.1 Å². The van der Waals surface area contributed by atoms with E-state index in [2.05, 4.69) is 58.7 Å². The van der Waals surface area contributed by atoms with Gasteiger partial charge in [0.1, 0.15) is 0 Å². The summed E-state index contributed by atoms with van der Waals surface area (Å²) in [6, 6.07) is 8.48. The average molecular weight is 373 g/mol. The molecule has 0 spiro atoms. The molecule has 0 bridgehead atoms. The van der Waals surface area contributed by atoms with Gasteiger partial charge in [0.25, 0.3) is 0 Å². The number of nitrogens with zero attached hydrogens (tertiary/aromatic N) is 1. The fourth-order valence-electron chi connectivity index (χ4n) is 3.45. The lowest BCUT2D eigenvalue weighted by Gasteiger charge is -2.12. The number of ether oxygens (including phenoxy) is 2. The van der Waals surface area contributed by atoms with Crippen LogP contribution in [0.1, 0.15) is 31.0 Å². The van der Waals surface area contributed by atoms with Gasteiger partial charge in [-0.15, -0.1) is 0 Å². The molecule has 1 atom stereocenters. The highest BCUT2D eigenvalue weighted by Gasteiger charge is 2.15. The summed E-state index contributed by atoms with van der Waals surface area (Å²) in [7, 11) is 0. The van der Waals surface area contributed by atoms with Crippen LogP contribution in [0.2, 0.25) is 0 Å². The van der Waals surface area contributed by atoms with Crippen molar-refractivity contribution in [1.29, 1.82) is 0 Å². The lowest BCUT2D eigenvalue weighted by molar-refractivity contribution is 0.0424. The second kappa shape index (κ2) is 10.3. The first-order valence-corrected chi connectivity index (χ1v) is 10.1. The molecule has 2 aromatic rings. The van der Waals surface area contributed by atoms with E-state index in [9.17, 15) is 0 Å². The van der Waals surface area contributed by atoms with E-state index in [4.69, 9.17) is 9.47 Å². The Hall–Kier alpha value is -2.05. The maximum Gasteiger partial charge on any atom is 0.191 e. The Kier molecular flexibility index (Phi) is 7.54. The Morgan fingerprint density at radius 1 is 1.33 bits per heavy atom. The van der Waals surface area contributed by atoms with E-state index in [1.165, 1.54) is 22.2 Å². The van der Waals surface area contributed by atoms with Crippen molar-refractivity contribution in [2.24, 2.45) is 4.99 Å². The van der Waals surface area contributed by atoms with Gasteiger partial charge in [-0.3, -0.25) is 4.99 Å². The van der Waals surface area contributed by atoms with Crippen LogP contribution in [0, 0.1) is 6.92 Å². The van der Waals surface area contributed by atoms with Crippen molar-refractivity contribution in [3.05, 3.63) is 35.5 Å². The van der Waals surface area contributed by atoms with Crippen molar-refractivity contribution >= 4 is 16.9 Å². The number of nitrogens with one attached hydrogen (secondary N) is 3. The number of benzene rings is 1. The Bertz CT molecular complexity index is 735. The third-order valence-electron chi connectivity index (χ3n) is 4.85. The van der Waals surface area contributed by atoms with Crippen molar-refractivity contribution in [3.8, 4) is 0 Å². The second-order valence-electron chi connectivity index (χ2n) is 6.92. The smallest absolute Gasteiger partial charge is 0.191 e. The van der Waals surface area contributed by atoms with Gasteiger partial charge in [0.05, 0.1) is 12.7 Å². The number of hydrogen-bond donors (Lipinski definition) is 3. The van der Waals surface area contributed by atoms with Crippen LogP contribution < -0.4 is 10.6 Å². The Labute approximate surface area is 161 Å². The summed E-state index contributed by atoms with van der Waals surface area (Å²) in [5.74, 6) is 0.874. The maximum absolute atomic E-state index is 5.79. The van der Waals surface area contributed by atoms with E-state index in [0.29, 0.717) is 0 Å². The summed E-state index contributed by atoms with van der Waals surface area (Å²) in [5, 5.41) is 8.08. The van der Waals surface area contributed by atoms with Crippen LogP contribution in [0.4, 0.5) is 0 Å². The van der Waals surface area contributed by atoms with Gasteiger partial charge in [-0.05, 0) is 44.7 Å². The van der Waals surface area contributed by atoms with Gasteiger partial charge in [0, 0.05) is 49.4 Å². The number of aryl methyl sites for hydroxylation is 1. The molecule has 1 unspecified atom stereocenters. The highest BCUT2D eigenvalue weighted by atomic mass is 16.5. The number of fused-ring (bicyclic) bond motifs is 1. The number of aromatic amines is 1. The van der Waals surface area contributed by atoms with Crippen LogP contribution >= 0.6 is 0 Å². The lowest BCUT2D eigenvalue weighted by Crippen LogP contribution is -2.38. The van der Waals surface area contributed by atoms with Crippen LogP contribution in [-0.2, 0) is 15.9 Å². The molecular weight excluding hydrogens is 340 g/mol. The Morgan fingerprint density at radius 2 is 2.22 bits per heavy atom. The molecule has 6 heteroatoms. The molecule has 0 aliphatic carbocycles. The van der Waals surface area contributed by atoms with E-state index >= 15 is 0 Å². The number of aliphatic imine (C=N–C) groups is 1. The van der Waals surface area contributed by atoms with Crippen molar-refractivity contribution in [1.82, 2.24) is 15.6 Å². The summed E-state index contributed by atoms with van der Waals surface area (Å²) in [6.45, 7) is 9.00. The van der Waals surface area contributed by atoms with Crippen molar-refractivity contribution < 1.29 is 9.47 Å². The standard InChI is InChI=1S/C21H32N4O2/c1-3-22-21(23-11-6-13-27-17-10-14-26-15-17)24-12-9-18-16(2)25-20-8-5-4-7-19(18)20/h4-5,7-8,17,25H,3,6,9-15H2,1-2H3,(H2,22,23,24). The normalized spacial score (nSPS) is 17.6. The minimum Gasteiger partial charge on any atom is -0.379 e. The van der Waals surface area contributed by atoms with Gasteiger partial charge in [-0.2, -0.15) is 0 Å². The van der Waals surface area contributed by atoms with Crippen molar-refractivity contribution in [2.45, 2.75) is 39.2 Å². The number of para-hydroxylation sites is 1. The summed E-state index contributed by atoms with van der Waals surface area (Å²) in [5.41, 5.74) is 3.83. The quantitative estimate of drug-likeness (QED) is 0.360. The predicted molar refractivity (Wildman–Crippen MR) is 111 cm³/mol. The summed E-state index contributed by atoms with van der Waals surface area (Å²) >= 11 is 0. The summed E-state index contributed by atoms with van der Waals surface area (Å²) < 4.78 is 11.1. The zero-order valence-electron chi connectivity index (χ0n) is 16.5. The fourth-order valence-corrected chi connectivity index (χ4v) is 3.45. The largest absolute Gasteiger partial charge is 0.379 e. The maximum atomic E-state index is 5.79. The molecule has 3 rings (SSSR count). The van der Waals surface area contributed by atoms with Crippen LogP contribution in [0.15, 0.2) is 29.3 Å². The molecule has 1 aromatic heterocycles. The molecule has 1 fully saturated rings. The average Bonchev–Trinajstić information content (AvgIpc) is 3.29. The van der Waals surface area contributed by atoms with Crippen LogP contribution in [0.5, 0.6) is 0 Å².